The van der Waals surface area contributed by atoms with Crippen LogP contribution >= 0.6 is 0 Å². The molecule has 0 aliphatic heterocycles. The van der Waals surface area contributed by atoms with Crippen molar-refractivity contribution in [2.75, 3.05) is 27.7 Å². The maximum Gasteiger partial charge on any atom is 0.325 e. The molecule has 2 rings (SSSR count). The summed E-state index contributed by atoms with van der Waals surface area (Å²) < 4.78 is 17.7. The number of carbonyl (C=O) groups is 3. The molecule has 28 heavy (non-hydrogen) atoms. The number of nitrogens with zero attached hydrogens (tertiary/aromatic N) is 1. The Bertz CT molecular complexity index is 685. The fraction of sp³-hybridized carbons (Fsp3) is 0.550. The molecule has 0 aromatic heterocycles. The number of benzene rings is 1. The van der Waals surface area contributed by atoms with Gasteiger partial charge in [-0.3, -0.25) is 19.3 Å². The quantitative estimate of drug-likeness (QED) is 0.684. The molecule has 0 saturated heterocycles. The van der Waals surface area contributed by atoms with Crippen molar-refractivity contribution >= 4 is 17.8 Å². The summed E-state index contributed by atoms with van der Waals surface area (Å²) in [6.07, 6.45) is 2.65. The summed E-state index contributed by atoms with van der Waals surface area (Å²) in [6.45, 7) is -0.131. The van der Waals surface area contributed by atoms with Gasteiger partial charge in [0.25, 0.3) is 0 Å². The summed E-state index contributed by atoms with van der Waals surface area (Å²) in [4.78, 5) is 37.8. The standard InChI is InChI=1S/C20H28FN3O4/c1-24(2)18(13-4-8-15(21)9-5-13)20(27)23-16-10-6-14(7-11-16)19(26)22-12-17(25)28-3/h4-5,8-9,14,16,18H,6-7,10-12H2,1-3H3,(H,22,26)(H,23,27). The largest absolute Gasteiger partial charge is 0.468 e. The van der Waals surface area contributed by atoms with Gasteiger partial charge < -0.3 is 15.4 Å². The third-order valence-corrected chi connectivity index (χ3v) is 5.03. The minimum atomic E-state index is -0.512. The van der Waals surface area contributed by atoms with Crippen LogP contribution in [0.15, 0.2) is 24.3 Å². The molecule has 7 nitrogen and oxygen atoms in total. The van der Waals surface area contributed by atoms with E-state index in [4.69, 9.17) is 0 Å². The van der Waals surface area contributed by atoms with Crippen LogP contribution < -0.4 is 10.6 Å². The maximum absolute atomic E-state index is 13.2. The zero-order valence-corrected chi connectivity index (χ0v) is 16.5. The molecule has 1 unspecified atom stereocenters. The van der Waals surface area contributed by atoms with E-state index < -0.39 is 12.0 Å². The number of amides is 2. The van der Waals surface area contributed by atoms with Crippen LogP contribution in [0, 0.1) is 11.7 Å². The SMILES string of the molecule is COC(=O)CNC(=O)C1CCC(NC(=O)C(c2ccc(F)cc2)N(C)C)CC1. The minimum absolute atomic E-state index is 0.0138. The van der Waals surface area contributed by atoms with Crippen molar-refractivity contribution in [3.8, 4) is 0 Å². The van der Waals surface area contributed by atoms with Crippen LogP contribution in [-0.4, -0.2) is 56.5 Å². The van der Waals surface area contributed by atoms with Gasteiger partial charge in [0.1, 0.15) is 18.4 Å². The van der Waals surface area contributed by atoms with E-state index in [1.165, 1.54) is 19.2 Å². The van der Waals surface area contributed by atoms with E-state index in [1.54, 1.807) is 31.1 Å². The van der Waals surface area contributed by atoms with Crippen molar-refractivity contribution in [2.45, 2.75) is 37.8 Å². The van der Waals surface area contributed by atoms with E-state index in [-0.39, 0.29) is 36.1 Å². The smallest absolute Gasteiger partial charge is 0.325 e. The molecule has 1 aromatic rings. The van der Waals surface area contributed by atoms with Gasteiger partial charge in [0, 0.05) is 12.0 Å². The molecule has 0 bridgehead atoms. The predicted octanol–water partition coefficient (Wildman–Crippen LogP) is 1.39. The summed E-state index contributed by atoms with van der Waals surface area (Å²) in [5.74, 6) is -1.29. The third kappa shape index (κ3) is 6.02. The molecule has 1 fully saturated rings. The van der Waals surface area contributed by atoms with E-state index in [2.05, 4.69) is 15.4 Å². The minimum Gasteiger partial charge on any atom is -0.468 e. The predicted molar refractivity (Wildman–Crippen MR) is 102 cm³/mol. The number of hydrogen-bond donors (Lipinski definition) is 2. The van der Waals surface area contributed by atoms with Crippen LogP contribution in [0.3, 0.4) is 0 Å². The topological polar surface area (TPSA) is 87.7 Å². The number of nitrogens with one attached hydrogen (secondary N) is 2. The van der Waals surface area contributed by atoms with Crippen molar-refractivity contribution < 1.29 is 23.5 Å². The average Bonchev–Trinajstić information content (AvgIpc) is 2.67. The summed E-state index contributed by atoms with van der Waals surface area (Å²) in [5.41, 5.74) is 0.722. The Morgan fingerprint density at radius 2 is 1.75 bits per heavy atom. The van der Waals surface area contributed by atoms with Crippen LogP contribution in [0.2, 0.25) is 0 Å². The lowest BCUT2D eigenvalue weighted by Crippen LogP contribution is -2.45. The number of ether oxygens (including phenoxy) is 1. The van der Waals surface area contributed by atoms with Gasteiger partial charge in [0.05, 0.1) is 7.11 Å². The first kappa shape index (κ1) is 21.8. The van der Waals surface area contributed by atoms with Crippen molar-refractivity contribution in [3.63, 3.8) is 0 Å². The summed E-state index contributed by atoms with van der Waals surface area (Å²) >= 11 is 0. The number of esters is 1. The highest BCUT2D eigenvalue weighted by molar-refractivity contribution is 5.84. The number of halogens is 1. The number of likely N-dealkylation sites (N-methyl/N-ethyl adjacent to an activating group) is 1. The first-order chi connectivity index (χ1) is 13.3. The second-order valence-electron chi connectivity index (χ2n) is 7.27. The third-order valence-electron chi connectivity index (χ3n) is 5.03. The monoisotopic (exact) mass is 393 g/mol. The van der Waals surface area contributed by atoms with Crippen molar-refractivity contribution in [2.24, 2.45) is 5.92 Å². The van der Waals surface area contributed by atoms with Crippen LogP contribution in [0.25, 0.3) is 0 Å². The van der Waals surface area contributed by atoms with Crippen molar-refractivity contribution in [1.82, 2.24) is 15.5 Å². The van der Waals surface area contributed by atoms with Gasteiger partial charge in [-0.2, -0.15) is 0 Å². The van der Waals surface area contributed by atoms with Crippen LogP contribution in [0.4, 0.5) is 4.39 Å². The summed E-state index contributed by atoms with van der Waals surface area (Å²) in [5, 5.41) is 5.63. The molecular formula is C20H28FN3O4. The Kier molecular flexibility index (Phi) is 7.92. The van der Waals surface area contributed by atoms with E-state index in [0.29, 0.717) is 25.7 Å². The molecule has 0 spiro atoms. The molecule has 1 saturated carbocycles. The van der Waals surface area contributed by atoms with E-state index >= 15 is 0 Å². The lowest BCUT2D eigenvalue weighted by molar-refractivity contribution is -0.141. The molecule has 1 atom stereocenters. The van der Waals surface area contributed by atoms with E-state index in [0.717, 1.165) is 5.56 Å². The van der Waals surface area contributed by atoms with Crippen LogP contribution in [-0.2, 0) is 19.1 Å². The lowest BCUT2D eigenvalue weighted by Gasteiger charge is -2.31. The Morgan fingerprint density at radius 3 is 2.29 bits per heavy atom. The summed E-state index contributed by atoms with van der Waals surface area (Å²) in [7, 11) is 4.88. The fourth-order valence-corrected chi connectivity index (χ4v) is 3.48. The molecule has 0 radical (unpaired) electrons. The van der Waals surface area contributed by atoms with Crippen LogP contribution in [0.1, 0.15) is 37.3 Å². The highest BCUT2D eigenvalue weighted by atomic mass is 19.1. The normalized spacial score (nSPS) is 20.3. The molecule has 1 aliphatic carbocycles. The van der Waals surface area contributed by atoms with Gasteiger partial charge >= 0.3 is 5.97 Å². The number of rotatable bonds is 7. The Hall–Kier alpha value is -2.48. The summed E-state index contributed by atoms with van der Waals surface area (Å²) in [6, 6.07) is 5.39. The molecule has 0 heterocycles. The van der Waals surface area contributed by atoms with Gasteiger partial charge in [-0.25, -0.2) is 4.39 Å². The Morgan fingerprint density at radius 1 is 1.14 bits per heavy atom. The molecule has 2 N–H and O–H groups in total. The highest BCUT2D eigenvalue weighted by Crippen LogP contribution is 2.26. The maximum atomic E-state index is 13.2. The van der Waals surface area contributed by atoms with Crippen LogP contribution in [0.5, 0.6) is 0 Å². The number of carbonyl (C=O) groups excluding carboxylic acids is 3. The lowest BCUT2D eigenvalue weighted by atomic mass is 9.85. The van der Waals surface area contributed by atoms with Gasteiger partial charge in [0.2, 0.25) is 11.8 Å². The highest BCUT2D eigenvalue weighted by Gasteiger charge is 2.30. The molecule has 1 aliphatic rings. The first-order valence-corrected chi connectivity index (χ1v) is 9.38. The second kappa shape index (κ2) is 10.2. The fourth-order valence-electron chi connectivity index (χ4n) is 3.48. The number of hydrogen-bond acceptors (Lipinski definition) is 5. The molecular weight excluding hydrogens is 365 g/mol. The van der Waals surface area contributed by atoms with Gasteiger partial charge in [-0.1, -0.05) is 12.1 Å². The molecule has 1 aromatic carbocycles. The zero-order chi connectivity index (χ0) is 20.7. The van der Waals surface area contributed by atoms with Gasteiger partial charge in [-0.05, 0) is 57.5 Å². The Balaban J connectivity index is 1.87. The number of methoxy groups -OCH3 is 1. The zero-order valence-electron chi connectivity index (χ0n) is 16.5. The average molecular weight is 393 g/mol. The van der Waals surface area contributed by atoms with Gasteiger partial charge in [-0.15, -0.1) is 0 Å². The second-order valence-corrected chi connectivity index (χ2v) is 7.27. The first-order valence-electron chi connectivity index (χ1n) is 9.38. The van der Waals surface area contributed by atoms with Crippen molar-refractivity contribution in [3.05, 3.63) is 35.6 Å². The Labute approximate surface area is 164 Å². The van der Waals surface area contributed by atoms with E-state index in [9.17, 15) is 18.8 Å². The molecule has 8 heteroatoms. The molecule has 154 valence electrons. The van der Waals surface area contributed by atoms with Crippen molar-refractivity contribution in [1.29, 1.82) is 0 Å². The molecule has 2 amide bonds. The van der Waals surface area contributed by atoms with Gasteiger partial charge in [0.15, 0.2) is 0 Å². The van der Waals surface area contributed by atoms with E-state index in [1.807, 2.05) is 0 Å².